The second-order valence-electron chi connectivity index (χ2n) is 4.13. The summed E-state index contributed by atoms with van der Waals surface area (Å²) in [4.78, 5) is 12.5. The van der Waals surface area contributed by atoms with Gasteiger partial charge in [0.1, 0.15) is 0 Å². The highest BCUT2D eigenvalue weighted by Crippen LogP contribution is 2.29. The summed E-state index contributed by atoms with van der Waals surface area (Å²) in [7, 11) is 1.34. The van der Waals surface area contributed by atoms with Crippen molar-refractivity contribution in [1.82, 2.24) is 4.90 Å². The zero-order valence-electron chi connectivity index (χ0n) is 9.90. The van der Waals surface area contributed by atoms with Gasteiger partial charge in [-0.15, -0.1) is 0 Å². The lowest BCUT2D eigenvalue weighted by molar-refractivity contribution is -0.193. The summed E-state index contributed by atoms with van der Waals surface area (Å²) in [5.74, 6) is -1.09. The number of nitrogens with zero attached hydrogens (tertiary/aromatic N) is 1. The Labute approximate surface area is 93.8 Å². The molecular formula is C10H19F3N2O. The quantitative estimate of drug-likeness (QED) is 0.746. The van der Waals surface area contributed by atoms with Crippen LogP contribution in [0.15, 0.2) is 0 Å². The van der Waals surface area contributed by atoms with Crippen molar-refractivity contribution in [3.05, 3.63) is 0 Å². The van der Waals surface area contributed by atoms with Crippen LogP contribution in [0, 0.1) is 0 Å². The van der Waals surface area contributed by atoms with Crippen molar-refractivity contribution in [2.45, 2.75) is 44.8 Å². The number of unbranched alkanes of at least 4 members (excludes halogenated alkanes) is 2. The predicted molar refractivity (Wildman–Crippen MR) is 55.8 cm³/mol. The summed E-state index contributed by atoms with van der Waals surface area (Å²) < 4.78 is 37.4. The Bertz CT molecular complexity index is 239. The number of amides is 1. The van der Waals surface area contributed by atoms with Crippen LogP contribution < -0.4 is 5.73 Å². The molecule has 2 N–H and O–H groups in total. The molecule has 0 heterocycles. The number of nitrogens with two attached hydrogens (primary N) is 1. The van der Waals surface area contributed by atoms with Gasteiger partial charge in [-0.3, -0.25) is 4.79 Å². The van der Waals surface area contributed by atoms with Crippen LogP contribution in [-0.4, -0.2) is 36.1 Å². The van der Waals surface area contributed by atoms with E-state index in [0.717, 1.165) is 17.7 Å². The van der Waals surface area contributed by atoms with Gasteiger partial charge in [0.15, 0.2) is 5.54 Å². The lowest BCUT2D eigenvalue weighted by Gasteiger charge is -2.30. The van der Waals surface area contributed by atoms with Crippen LogP contribution in [-0.2, 0) is 4.79 Å². The van der Waals surface area contributed by atoms with Gasteiger partial charge in [-0.05, 0) is 13.3 Å². The van der Waals surface area contributed by atoms with Gasteiger partial charge >= 0.3 is 6.18 Å². The third-order valence-corrected chi connectivity index (χ3v) is 2.48. The minimum absolute atomic E-state index is 0.301. The number of carbonyl (C=O) groups excluding carboxylic acids is 1. The first-order valence-corrected chi connectivity index (χ1v) is 5.25. The monoisotopic (exact) mass is 240 g/mol. The molecule has 0 saturated carbocycles. The van der Waals surface area contributed by atoms with Crippen molar-refractivity contribution in [3.8, 4) is 0 Å². The lowest BCUT2D eigenvalue weighted by atomic mass is 10.0. The maximum absolute atomic E-state index is 12.5. The average Bonchev–Trinajstić information content (AvgIpc) is 2.15. The Morgan fingerprint density at radius 3 is 2.19 bits per heavy atom. The normalized spacial score (nSPS) is 15.7. The molecule has 0 aromatic rings. The van der Waals surface area contributed by atoms with E-state index in [2.05, 4.69) is 0 Å². The van der Waals surface area contributed by atoms with E-state index in [-0.39, 0.29) is 0 Å². The summed E-state index contributed by atoms with van der Waals surface area (Å²) in [6, 6.07) is 0. The highest BCUT2D eigenvalue weighted by Gasteiger charge is 2.54. The SMILES string of the molecule is CCCCCN(C)C(=O)C(C)(N)C(F)(F)F. The van der Waals surface area contributed by atoms with Gasteiger partial charge in [-0.25, -0.2) is 0 Å². The molecule has 0 aliphatic rings. The third kappa shape index (κ3) is 3.66. The Morgan fingerprint density at radius 1 is 1.31 bits per heavy atom. The minimum atomic E-state index is -4.72. The molecule has 0 aliphatic carbocycles. The zero-order valence-corrected chi connectivity index (χ0v) is 9.90. The average molecular weight is 240 g/mol. The number of halogens is 3. The second kappa shape index (κ2) is 5.52. The maximum atomic E-state index is 12.5. The number of likely N-dealkylation sites (N-methyl/N-ethyl adjacent to an activating group) is 1. The van der Waals surface area contributed by atoms with Crippen molar-refractivity contribution in [2.24, 2.45) is 5.73 Å². The highest BCUT2D eigenvalue weighted by molar-refractivity contribution is 5.86. The topological polar surface area (TPSA) is 46.3 Å². The number of rotatable bonds is 5. The smallest absolute Gasteiger partial charge is 0.344 e. The Kier molecular flexibility index (Phi) is 5.25. The van der Waals surface area contributed by atoms with E-state index in [4.69, 9.17) is 5.73 Å². The molecular weight excluding hydrogens is 221 g/mol. The first-order chi connectivity index (χ1) is 7.14. The fourth-order valence-corrected chi connectivity index (χ4v) is 1.22. The first kappa shape index (κ1) is 15.2. The second-order valence-corrected chi connectivity index (χ2v) is 4.13. The number of hydrogen-bond acceptors (Lipinski definition) is 2. The number of alkyl halides is 3. The maximum Gasteiger partial charge on any atom is 0.415 e. The van der Waals surface area contributed by atoms with Crippen LogP contribution in [0.4, 0.5) is 13.2 Å². The van der Waals surface area contributed by atoms with Crippen LogP contribution in [0.3, 0.4) is 0 Å². The van der Waals surface area contributed by atoms with Gasteiger partial charge in [-0.2, -0.15) is 13.2 Å². The summed E-state index contributed by atoms with van der Waals surface area (Å²) in [6.45, 7) is 2.98. The molecule has 96 valence electrons. The predicted octanol–water partition coefficient (Wildman–Crippen LogP) is 1.91. The molecule has 6 heteroatoms. The van der Waals surface area contributed by atoms with Crippen molar-refractivity contribution >= 4 is 5.91 Å². The summed E-state index contributed by atoms with van der Waals surface area (Å²) in [5.41, 5.74) is 2.23. The largest absolute Gasteiger partial charge is 0.415 e. The standard InChI is InChI=1S/C10H19F3N2O/c1-4-5-6-7-15(3)8(16)9(2,14)10(11,12)13/h4-7,14H2,1-3H3. The summed E-state index contributed by atoms with van der Waals surface area (Å²) in [5, 5.41) is 0. The Balaban J connectivity index is 4.43. The highest BCUT2D eigenvalue weighted by atomic mass is 19.4. The van der Waals surface area contributed by atoms with Crippen molar-refractivity contribution in [2.75, 3.05) is 13.6 Å². The Hall–Kier alpha value is -0.780. The van der Waals surface area contributed by atoms with E-state index in [1.165, 1.54) is 7.05 Å². The van der Waals surface area contributed by atoms with E-state index < -0.39 is 17.6 Å². The summed E-state index contributed by atoms with van der Waals surface area (Å²) in [6.07, 6.45) is -2.21. The van der Waals surface area contributed by atoms with Crippen LogP contribution in [0.25, 0.3) is 0 Å². The zero-order chi connectivity index (χ0) is 13.0. The van der Waals surface area contributed by atoms with Gasteiger partial charge in [0, 0.05) is 13.6 Å². The van der Waals surface area contributed by atoms with Crippen molar-refractivity contribution in [1.29, 1.82) is 0 Å². The lowest BCUT2D eigenvalue weighted by Crippen LogP contribution is -2.61. The molecule has 0 aliphatic heterocycles. The van der Waals surface area contributed by atoms with E-state index in [1.54, 1.807) is 0 Å². The molecule has 16 heavy (non-hydrogen) atoms. The van der Waals surface area contributed by atoms with Crippen LogP contribution in [0.1, 0.15) is 33.1 Å². The number of hydrogen-bond donors (Lipinski definition) is 1. The van der Waals surface area contributed by atoms with Gasteiger partial charge in [-0.1, -0.05) is 19.8 Å². The van der Waals surface area contributed by atoms with E-state index in [1.807, 2.05) is 6.92 Å². The van der Waals surface area contributed by atoms with E-state index >= 15 is 0 Å². The van der Waals surface area contributed by atoms with Crippen molar-refractivity contribution < 1.29 is 18.0 Å². The van der Waals surface area contributed by atoms with E-state index in [0.29, 0.717) is 19.9 Å². The molecule has 1 unspecified atom stereocenters. The van der Waals surface area contributed by atoms with Crippen molar-refractivity contribution in [3.63, 3.8) is 0 Å². The summed E-state index contributed by atoms with van der Waals surface area (Å²) >= 11 is 0. The molecule has 0 saturated heterocycles. The molecule has 0 bridgehead atoms. The van der Waals surface area contributed by atoms with Crippen LogP contribution in [0.2, 0.25) is 0 Å². The molecule has 1 amide bonds. The van der Waals surface area contributed by atoms with Crippen LogP contribution in [0.5, 0.6) is 0 Å². The van der Waals surface area contributed by atoms with Gasteiger partial charge in [0.05, 0.1) is 0 Å². The fraction of sp³-hybridized carbons (Fsp3) is 0.900. The molecule has 0 aromatic heterocycles. The number of carbonyl (C=O) groups is 1. The molecule has 0 fully saturated rings. The Morgan fingerprint density at radius 2 is 1.81 bits per heavy atom. The van der Waals surface area contributed by atoms with Gasteiger partial charge in [0.25, 0.3) is 5.91 Å². The van der Waals surface area contributed by atoms with E-state index in [9.17, 15) is 18.0 Å². The molecule has 3 nitrogen and oxygen atoms in total. The van der Waals surface area contributed by atoms with Gasteiger partial charge in [0.2, 0.25) is 0 Å². The minimum Gasteiger partial charge on any atom is -0.344 e. The molecule has 0 aromatic carbocycles. The fourth-order valence-electron chi connectivity index (χ4n) is 1.22. The third-order valence-electron chi connectivity index (χ3n) is 2.48. The molecule has 0 spiro atoms. The molecule has 0 radical (unpaired) electrons. The van der Waals surface area contributed by atoms with Gasteiger partial charge < -0.3 is 10.6 Å². The molecule has 1 atom stereocenters. The molecule has 0 rings (SSSR count). The first-order valence-electron chi connectivity index (χ1n) is 5.25. The van der Waals surface area contributed by atoms with Crippen LogP contribution >= 0.6 is 0 Å².